The zero-order valence-electron chi connectivity index (χ0n) is 13.2. The molecule has 1 heterocycles. The van der Waals surface area contributed by atoms with Crippen molar-refractivity contribution in [2.75, 3.05) is 6.61 Å². The van der Waals surface area contributed by atoms with Crippen molar-refractivity contribution < 1.29 is 4.74 Å². The summed E-state index contributed by atoms with van der Waals surface area (Å²) in [5.41, 5.74) is -2.45. The molecule has 1 aliphatic heterocycles. The highest BCUT2D eigenvalue weighted by atomic mass is 35.5. The van der Waals surface area contributed by atoms with Crippen LogP contribution < -0.4 is 5.32 Å². The van der Waals surface area contributed by atoms with Gasteiger partial charge < -0.3 is 10.1 Å². The lowest BCUT2D eigenvalue weighted by atomic mass is 9.56. The molecule has 0 saturated carbocycles. The van der Waals surface area contributed by atoms with Crippen LogP contribution in [0.2, 0.25) is 0 Å². The second-order valence-electron chi connectivity index (χ2n) is 5.39. The first-order valence-corrected chi connectivity index (χ1v) is 7.92. The Morgan fingerprint density at radius 1 is 1.18 bits per heavy atom. The summed E-state index contributed by atoms with van der Waals surface area (Å²) in [6, 6.07) is 6.07. The molecule has 0 amide bonds. The smallest absolute Gasteiger partial charge is 0.191 e. The molecule has 1 atom stereocenters. The van der Waals surface area contributed by atoms with Crippen molar-refractivity contribution in [1.29, 1.82) is 15.8 Å². The fourth-order valence-electron chi connectivity index (χ4n) is 3.13. The lowest BCUT2D eigenvalue weighted by Crippen LogP contribution is -2.59. The van der Waals surface area contributed by atoms with Gasteiger partial charge in [-0.2, -0.15) is 15.8 Å². The SMILES string of the molecule is CCCCO[C@@H]1NC(Cl)=C(C#N)C(C#N)(C#N)C1(CC)CC. The van der Waals surface area contributed by atoms with Gasteiger partial charge in [0.05, 0.1) is 23.1 Å². The Morgan fingerprint density at radius 2 is 1.77 bits per heavy atom. The number of allylic oxidation sites excluding steroid dienone is 1. The molecule has 1 aliphatic rings. The third-order valence-electron chi connectivity index (χ3n) is 4.59. The molecule has 0 unspecified atom stereocenters. The van der Waals surface area contributed by atoms with Gasteiger partial charge >= 0.3 is 0 Å². The maximum Gasteiger partial charge on any atom is 0.191 e. The number of halogens is 1. The van der Waals surface area contributed by atoms with E-state index in [0.717, 1.165) is 12.8 Å². The Hall–Kier alpha value is -1.74. The van der Waals surface area contributed by atoms with E-state index in [1.54, 1.807) is 0 Å². The second kappa shape index (κ2) is 7.50. The van der Waals surface area contributed by atoms with Crippen molar-refractivity contribution in [1.82, 2.24) is 5.32 Å². The van der Waals surface area contributed by atoms with Gasteiger partial charge in [0.1, 0.15) is 17.5 Å². The summed E-state index contributed by atoms with van der Waals surface area (Å²) in [5.74, 6) is 0. The predicted molar refractivity (Wildman–Crippen MR) is 82.9 cm³/mol. The Kier molecular flexibility index (Phi) is 6.24. The first kappa shape index (κ1) is 18.3. The van der Waals surface area contributed by atoms with Crippen LogP contribution in [0.4, 0.5) is 0 Å². The molecule has 0 aromatic rings. The zero-order chi connectivity index (χ0) is 16.8. The van der Waals surface area contributed by atoms with Gasteiger partial charge in [-0.15, -0.1) is 0 Å². The number of unbranched alkanes of at least 4 members (excludes halogenated alkanes) is 1. The molecule has 1 N–H and O–H groups in total. The third-order valence-corrected chi connectivity index (χ3v) is 4.89. The normalized spacial score (nSPS) is 22.1. The van der Waals surface area contributed by atoms with E-state index >= 15 is 0 Å². The van der Waals surface area contributed by atoms with Gasteiger partial charge in [0.15, 0.2) is 5.41 Å². The number of rotatable bonds is 6. The summed E-state index contributed by atoms with van der Waals surface area (Å²) in [6.07, 6.45) is 2.32. The van der Waals surface area contributed by atoms with E-state index in [-0.39, 0.29) is 10.7 Å². The quantitative estimate of drug-likeness (QED) is 0.596. The van der Waals surface area contributed by atoms with Gasteiger partial charge in [-0.25, -0.2) is 0 Å². The van der Waals surface area contributed by atoms with Crippen LogP contribution in [-0.2, 0) is 4.74 Å². The van der Waals surface area contributed by atoms with Crippen LogP contribution in [0.25, 0.3) is 0 Å². The predicted octanol–water partition coefficient (Wildman–Crippen LogP) is 3.55. The van der Waals surface area contributed by atoms with Crippen molar-refractivity contribution in [3.63, 3.8) is 0 Å². The molecule has 0 saturated heterocycles. The molecule has 22 heavy (non-hydrogen) atoms. The first-order chi connectivity index (χ1) is 10.5. The molecule has 0 bridgehead atoms. The van der Waals surface area contributed by atoms with Crippen molar-refractivity contribution in [2.24, 2.45) is 10.8 Å². The minimum Gasteiger partial charge on any atom is -0.358 e. The molecule has 0 aromatic heterocycles. The Morgan fingerprint density at radius 3 is 2.18 bits per heavy atom. The topological polar surface area (TPSA) is 92.6 Å². The van der Waals surface area contributed by atoms with E-state index in [4.69, 9.17) is 16.3 Å². The summed E-state index contributed by atoms with van der Waals surface area (Å²) >= 11 is 6.14. The number of nitriles is 3. The van der Waals surface area contributed by atoms with Gasteiger partial charge in [-0.1, -0.05) is 38.8 Å². The van der Waals surface area contributed by atoms with Crippen LogP contribution in [0.15, 0.2) is 10.7 Å². The molecule has 0 fully saturated rings. The van der Waals surface area contributed by atoms with E-state index in [9.17, 15) is 15.8 Å². The van der Waals surface area contributed by atoms with Gasteiger partial charge in [-0.05, 0) is 19.3 Å². The fraction of sp³-hybridized carbons (Fsp3) is 0.688. The minimum atomic E-state index is -1.61. The molecule has 0 aliphatic carbocycles. The molecule has 1 rings (SSSR count). The van der Waals surface area contributed by atoms with Crippen molar-refractivity contribution >= 4 is 11.6 Å². The maximum atomic E-state index is 9.75. The van der Waals surface area contributed by atoms with Crippen molar-refractivity contribution in [3.05, 3.63) is 10.7 Å². The first-order valence-electron chi connectivity index (χ1n) is 7.54. The summed E-state index contributed by atoms with van der Waals surface area (Å²) < 4.78 is 5.90. The second-order valence-corrected chi connectivity index (χ2v) is 5.76. The van der Waals surface area contributed by atoms with Crippen LogP contribution >= 0.6 is 11.6 Å². The van der Waals surface area contributed by atoms with Crippen LogP contribution in [0.1, 0.15) is 46.5 Å². The fourth-order valence-corrected chi connectivity index (χ4v) is 3.41. The van der Waals surface area contributed by atoms with Crippen LogP contribution in [0.3, 0.4) is 0 Å². The standard InChI is InChI=1S/C16H21ClN4O/c1-4-7-8-22-14-15(5-2,6-3)16(10-19,11-20)12(9-18)13(17)21-14/h14,21H,4-8H2,1-3H3/t14-/m0/s1. The number of ether oxygens (including phenoxy) is 1. The Labute approximate surface area is 137 Å². The van der Waals surface area contributed by atoms with Gasteiger partial charge in [-0.3, -0.25) is 0 Å². The van der Waals surface area contributed by atoms with Gasteiger partial charge in [0.25, 0.3) is 0 Å². The molecular weight excluding hydrogens is 300 g/mol. The summed E-state index contributed by atoms with van der Waals surface area (Å²) in [4.78, 5) is 0. The van der Waals surface area contributed by atoms with Crippen LogP contribution in [-0.4, -0.2) is 12.8 Å². The summed E-state index contributed by atoms with van der Waals surface area (Å²) in [5, 5.41) is 31.9. The van der Waals surface area contributed by atoms with E-state index in [2.05, 4.69) is 24.4 Å². The lowest BCUT2D eigenvalue weighted by molar-refractivity contribution is -0.0950. The largest absolute Gasteiger partial charge is 0.358 e. The minimum absolute atomic E-state index is 0.0155. The monoisotopic (exact) mass is 320 g/mol. The summed E-state index contributed by atoms with van der Waals surface area (Å²) in [7, 11) is 0. The Bertz CT molecular complexity index is 546. The average Bonchev–Trinajstić information content (AvgIpc) is 2.54. The molecule has 6 heteroatoms. The highest BCUT2D eigenvalue weighted by Crippen LogP contribution is 2.55. The van der Waals surface area contributed by atoms with E-state index in [1.165, 1.54) is 0 Å². The van der Waals surface area contributed by atoms with Gasteiger partial charge in [0.2, 0.25) is 0 Å². The number of hydrogen-bond donors (Lipinski definition) is 1. The number of nitrogens with zero attached hydrogens (tertiary/aromatic N) is 3. The van der Waals surface area contributed by atoms with E-state index < -0.39 is 17.1 Å². The van der Waals surface area contributed by atoms with E-state index in [0.29, 0.717) is 19.4 Å². The average molecular weight is 321 g/mol. The maximum absolute atomic E-state index is 9.75. The highest BCUT2D eigenvalue weighted by Gasteiger charge is 2.61. The zero-order valence-corrected chi connectivity index (χ0v) is 14.0. The van der Waals surface area contributed by atoms with Crippen LogP contribution in [0.5, 0.6) is 0 Å². The van der Waals surface area contributed by atoms with Crippen molar-refractivity contribution in [3.8, 4) is 18.2 Å². The highest BCUT2D eigenvalue weighted by molar-refractivity contribution is 6.30. The molecule has 0 aromatic carbocycles. The summed E-state index contributed by atoms with van der Waals surface area (Å²) in [6.45, 7) is 6.37. The molecule has 0 radical (unpaired) electrons. The van der Waals surface area contributed by atoms with E-state index in [1.807, 2.05) is 19.9 Å². The van der Waals surface area contributed by atoms with Crippen LogP contribution in [0, 0.1) is 44.8 Å². The lowest BCUT2D eigenvalue weighted by Gasteiger charge is -2.49. The third kappa shape index (κ3) is 2.54. The molecule has 118 valence electrons. The number of hydrogen-bond acceptors (Lipinski definition) is 5. The molecule has 5 nitrogen and oxygen atoms in total. The van der Waals surface area contributed by atoms with Gasteiger partial charge in [0, 0.05) is 6.61 Å². The molecular formula is C16H21ClN4O. The van der Waals surface area contributed by atoms with Crippen molar-refractivity contribution in [2.45, 2.75) is 52.7 Å². The molecule has 0 spiro atoms. The Balaban J connectivity index is 3.48. The number of nitrogens with one attached hydrogen (secondary N) is 1.